The predicted molar refractivity (Wildman–Crippen MR) is 79.4 cm³/mol. The van der Waals surface area contributed by atoms with Gasteiger partial charge in [0.25, 0.3) is 0 Å². The smallest absolute Gasteiger partial charge is 0.123 e. The second kappa shape index (κ2) is 5.22. The van der Waals surface area contributed by atoms with Gasteiger partial charge in [0, 0.05) is 15.6 Å². The van der Waals surface area contributed by atoms with Crippen LogP contribution in [0.5, 0.6) is 5.75 Å². The molecule has 1 atom stereocenters. The summed E-state index contributed by atoms with van der Waals surface area (Å²) in [6.45, 7) is 7.86. The van der Waals surface area contributed by atoms with Gasteiger partial charge < -0.3 is 10.1 Å². The average Bonchev–Trinajstić information content (AvgIpc) is 2.75. The number of nitrogens with one attached hydrogen (secondary N) is 1. The Balaban J connectivity index is 2.60. The van der Waals surface area contributed by atoms with Crippen molar-refractivity contribution in [2.75, 3.05) is 13.7 Å². The molecule has 1 saturated heterocycles. The minimum atomic E-state index is 0.0800. The van der Waals surface area contributed by atoms with Crippen LogP contribution in [0, 0.1) is 0 Å². The molecule has 2 rings (SSSR count). The SMILES string of the molecule is COc1cc(Br)cc(C2(C)CCCN2)c1C(C)C. The van der Waals surface area contributed by atoms with Crippen LogP contribution >= 0.6 is 15.9 Å². The normalized spacial score (nSPS) is 23.7. The van der Waals surface area contributed by atoms with Crippen LogP contribution in [-0.2, 0) is 5.54 Å². The maximum absolute atomic E-state index is 5.57. The van der Waals surface area contributed by atoms with Crippen LogP contribution in [0.25, 0.3) is 0 Å². The molecule has 1 aliphatic heterocycles. The molecule has 1 aromatic rings. The minimum Gasteiger partial charge on any atom is -0.496 e. The van der Waals surface area contributed by atoms with E-state index < -0.39 is 0 Å². The maximum Gasteiger partial charge on any atom is 0.123 e. The number of rotatable bonds is 3. The van der Waals surface area contributed by atoms with E-state index in [4.69, 9.17) is 4.74 Å². The van der Waals surface area contributed by atoms with E-state index in [-0.39, 0.29) is 5.54 Å². The highest BCUT2D eigenvalue weighted by atomic mass is 79.9. The molecule has 1 fully saturated rings. The molecule has 0 aromatic heterocycles. The first-order valence-corrected chi connectivity index (χ1v) is 7.40. The molecule has 1 aliphatic rings. The van der Waals surface area contributed by atoms with E-state index in [9.17, 15) is 0 Å². The Kier molecular flexibility index (Phi) is 4.02. The van der Waals surface area contributed by atoms with E-state index in [0.717, 1.165) is 16.8 Å². The zero-order chi connectivity index (χ0) is 13.3. The summed E-state index contributed by atoms with van der Waals surface area (Å²) in [6, 6.07) is 4.31. The molecular formula is C15H22BrNO. The van der Waals surface area contributed by atoms with Gasteiger partial charge in [0.1, 0.15) is 5.75 Å². The van der Waals surface area contributed by atoms with E-state index in [1.54, 1.807) is 7.11 Å². The molecule has 18 heavy (non-hydrogen) atoms. The minimum absolute atomic E-state index is 0.0800. The molecular weight excluding hydrogens is 290 g/mol. The van der Waals surface area contributed by atoms with E-state index in [0.29, 0.717) is 5.92 Å². The lowest BCUT2D eigenvalue weighted by Crippen LogP contribution is -2.34. The van der Waals surface area contributed by atoms with Crippen molar-refractivity contribution in [2.45, 2.75) is 45.1 Å². The summed E-state index contributed by atoms with van der Waals surface area (Å²) in [5.41, 5.74) is 2.79. The number of halogens is 1. The molecule has 1 N–H and O–H groups in total. The lowest BCUT2D eigenvalue weighted by atomic mass is 9.83. The Bertz CT molecular complexity index is 436. The number of methoxy groups -OCH3 is 1. The Labute approximate surface area is 118 Å². The molecule has 0 bridgehead atoms. The quantitative estimate of drug-likeness (QED) is 0.904. The zero-order valence-corrected chi connectivity index (χ0v) is 13.2. The first kappa shape index (κ1) is 13.9. The van der Waals surface area contributed by atoms with Crippen molar-refractivity contribution in [3.05, 3.63) is 27.7 Å². The number of hydrogen-bond acceptors (Lipinski definition) is 2. The van der Waals surface area contributed by atoms with Crippen LogP contribution in [0.2, 0.25) is 0 Å². The fourth-order valence-corrected chi connectivity index (χ4v) is 3.38. The molecule has 3 heteroatoms. The van der Waals surface area contributed by atoms with Gasteiger partial charge >= 0.3 is 0 Å². The topological polar surface area (TPSA) is 21.3 Å². The van der Waals surface area contributed by atoms with Gasteiger partial charge in [0.2, 0.25) is 0 Å². The van der Waals surface area contributed by atoms with Crippen molar-refractivity contribution in [1.82, 2.24) is 5.32 Å². The Morgan fingerprint density at radius 3 is 2.61 bits per heavy atom. The lowest BCUT2D eigenvalue weighted by molar-refractivity contribution is 0.392. The summed E-state index contributed by atoms with van der Waals surface area (Å²) in [5, 5.41) is 3.65. The summed E-state index contributed by atoms with van der Waals surface area (Å²) in [6.07, 6.45) is 2.43. The van der Waals surface area contributed by atoms with Crippen LogP contribution in [0.15, 0.2) is 16.6 Å². The van der Waals surface area contributed by atoms with Crippen molar-refractivity contribution >= 4 is 15.9 Å². The summed E-state index contributed by atoms with van der Waals surface area (Å²) in [7, 11) is 1.75. The molecule has 0 radical (unpaired) electrons. The van der Waals surface area contributed by atoms with Gasteiger partial charge in [0.15, 0.2) is 0 Å². The highest BCUT2D eigenvalue weighted by molar-refractivity contribution is 9.10. The maximum atomic E-state index is 5.57. The standard InChI is InChI=1S/C15H22BrNO/c1-10(2)14-12(15(3)6-5-7-17-15)8-11(16)9-13(14)18-4/h8-10,17H,5-7H2,1-4H3. The average molecular weight is 312 g/mol. The van der Waals surface area contributed by atoms with E-state index >= 15 is 0 Å². The van der Waals surface area contributed by atoms with Gasteiger partial charge in [-0.3, -0.25) is 0 Å². The van der Waals surface area contributed by atoms with Gasteiger partial charge in [-0.25, -0.2) is 0 Å². The second-order valence-corrected chi connectivity index (χ2v) is 6.50. The second-order valence-electron chi connectivity index (χ2n) is 5.59. The third-order valence-corrected chi connectivity index (χ3v) is 4.33. The van der Waals surface area contributed by atoms with E-state index in [1.807, 2.05) is 0 Å². The third-order valence-electron chi connectivity index (χ3n) is 3.87. The summed E-state index contributed by atoms with van der Waals surface area (Å²) in [4.78, 5) is 0. The van der Waals surface area contributed by atoms with Crippen LogP contribution < -0.4 is 10.1 Å². The van der Waals surface area contributed by atoms with Crippen molar-refractivity contribution in [1.29, 1.82) is 0 Å². The molecule has 1 heterocycles. The van der Waals surface area contributed by atoms with Crippen molar-refractivity contribution in [3.63, 3.8) is 0 Å². The highest BCUT2D eigenvalue weighted by Gasteiger charge is 2.34. The number of benzene rings is 1. The zero-order valence-electron chi connectivity index (χ0n) is 11.6. The van der Waals surface area contributed by atoms with Crippen molar-refractivity contribution in [3.8, 4) is 5.75 Å². The van der Waals surface area contributed by atoms with Crippen LogP contribution in [-0.4, -0.2) is 13.7 Å². The van der Waals surface area contributed by atoms with Gasteiger partial charge in [0.05, 0.1) is 7.11 Å². The monoisotopic (exact) mass is 311 g/mol. The van der Waals surface area contributed by atoms with Gasteiger partial charge in [-0.05, 0) is 49.9 Å². The Morgan fingerprint density at radius 2 is 2.11 bits per heavy atom. The molecule has 0 saturated carbocycles. The summed E-state index contributed by atoms with van der Waals surface area (Å²) < 4.78 is 6.67. The first-order valence-electron chi connectivity index (χ1n) is 6.61. The fraction of sp³-hybridized carbons (Fsp3) is 0.600. The van der Waals surface area contributed by atoms with Crippen LogP contribution in [0.3, 0.4) is 0 Å². The van der Waals surface area contributed by atoms with Gasteiger partial charge in [-0.1, -0.05) is 29.8 Å². The van der Waals surface area contributed by atoms with Crippen LogP contribution in [0.1, 0.15) is 50.7 Å². The predicted octanol–water partition coefficient (Wildman–Crippen LogP) is 4.18. The molecule has 100 valence electrons. The first-order chi connectivity index (χ1) is 8.48. The van der Waals surface area contributed by atoms with Gasteiger partial charge in [-0.15, -0.1) is 0 Å². The molecule has 0 amide bonds. The largest absolute Gasteiger partial charge is 0.496 e. The summed E-state index contributed by atoms with van der Waals surface area (Å²) >= 11 is 3.60. The van der Waals surface area contributed by atoms with Crippen molar-refractivity contribution < 1.29 is 4.74 Å². The van der Waals surface area contributed by atoms with Crippen molar-refractivity contribution in [2.24, 2.45) is 0 Å². The number of hydrogen-bond donors (Lipinski definition) is 1. The molecule has 0 aliphatic carbocycles. The lowest BCUT2D eigenvalue weighted by Gasteiger charge is -2.30. The Morgan fingerprint density at radius 1 is 1.39 bits per heavy atom. The third kappa shape index (κ3) is 2.43. The Hall–Kier alpha value is -0.540. The van der Waals surface area contributed by atoms with Crippen LogP contribution in [0.4, 0.5) is 0 Å². The molecule has 1 unspecified atom stereocenters. The molecule has 0 spiro atoms. The summed E-state index contributed by atoms with van der Waals surface area (Å²) in [5.74, 6) is 1.45. The molecule has 2 nitrogen and oxygen atoms in total. The molecule has 1 aromatic carbocycles. The number of ether oxygens (including phenoxy) is 1. The van der Waals surface area contributed by atoms with E-state index in [1.165, 1.54) is 24.0 Å². The van der Waals surface area contributed by atoms with E-state index in [2.05, 4.69) is 54.2 Å². The van der Waals surface area contributed by atoms with Gasteiger partial charge in [-0.2, -0.15) is 0 Å². The fourth-order valence-electron chi connectivity index (χ4n) is 2.94. The highest BCUT2D eigenvalue weighted by Crippen LogP contribution is 2.41.